The molecular weight excluding hydrogens is 321 g/mol. The third kappa shape index (κ3) is 4.57. The molecule has 0 bridgehead atoms. The first kappa shape index (κ1) is 17.9. The average Bonchev–Trinajstić information content (AvgIpc) is 2.65. The Balaban J connectivity index is 1.47. The molecule has 2 aliphatic rings. The molecule has 1 aliphatic carbocycles. The van der Waals surface area contributed by atoms with Crippen LogP contribution in [-0.4, -0.2) is 24.9 Å². The van der Waals surface area contributed by atoms with Crippen LogP contribution in [0.15, 0.2) is 12.1 Å². The molecule has 2 amide bonds. The van der Waals surface area contributed by atoms with Gasteiger partial charge in [-0.05, 0) is 43.0 Å². The van der Waals surface area contributed by atoms with Crippen LogP contribution in [0.2, 0.25) is 0 Å². The quantitative estimate of drug-likeness (QED) is 0.766. The highest BCUT2D eigenvalue weighted by molar-refractivity contribution is 5.91. The number of hydrogen-bond donors (Lipinski definition) is 3. The van der Waals surface area contributed by atoms with Crippen LogP contribution in [0.5, 0.6) is 0 Å². The van der Waals surface area contributed by atoms with E-state index < -0.39 is 0 Å². The summed E-state index contributed by atoms with van der Waals surface area (Å²) in [4.78, 5) is 24.1. The Morgan fingerprint density at radius 2 is 2.00 bits per heavy atom. The van der Waals surface area contributed by atoms with Gasteiger partial charge >= 0.3 is 0 Å². The van der Waals surface area contributed by atoms with Gasteiger partial charge in [0.05, 0.1) is 5.69 Å². The molecular formula is C19H26FN3O2. The number of benzene rings is 1. The summed E-state index contributed by atoms with van der Waals surface area (Å²) in [5.74, 6) is -0.487. The molecule has 0 aromatic heterocycles. The zero-order valence-electron chi connectivity index (χ0n) is 14.5. The first-order valence-electron chi connectivity index (χ1n) is 9.23. The summed E-state index contributed by atoms with van der Waals surface area (Å²) >= 11 is 0. The summed E-state index contributed by atoms with van der Waals surface area (Å²) in [6.45, 7) is 1.69. The second kappa shape index (κ2) is 8.43. The van der Waals surface area contributed by atoms with Crippen molar-refractivity contribution in [1.29, 1.82) is 0 Å². The fourth-order valence-corrected chi connectivity index (χ4v) is 3.65. The van der Waals surface area contributed by atoms with Crippen LogP contribution in [0.25, 0.3) is 0 Å². The van der Waals surface area contributed by atoms with Crippen molar-refractivity contribution in [3.8, 4) is 0 Å². The van der Waals surface area contributed by atoms with Crippen molar-refractivity contribution in [1.82, 2.24) is 10.6 Å². The van der Waals surface area contributed by atoms with Gasteiger partial charge in [-0.1, -0.05) is 25.3 Å². The molecule has 1 fully saturated rings. The Kier molecular flexibility index (Phi) is 6.02. The number of fused-ring (bicyclic) bond motifs is 1. The van der Waals surface area contributed by atoms with E-state index in [1.165, 1.54) is 6.42 Å². The summed E-state index contributed by atoms with van der Waals surface area (Å²) < 4.78 is 14.5. The highest BCUT2D eigenvalue weighted by atomic mass is 19.1. The molecule has 1 aromatic rings. The maximum absolute atomic E-state index is 14.5. The Morgan fingerprint density at radius 1 is 1.20 bits per heavy atom. The number of carbonyl (C=O) groups is 2. The molecule has 0 atom stereocenters. The molecule has 3 N–H and O–H groups in total. The molecule has 6 heteroatoms. The Hall–Kier alpha value is -1.95. The molecule has 0 saturated heterocycles. The van der Waals surface area contributed by atoms with Crippen LogP contribution in [0, 0.1) is 11.7 Å². The van der Waals surface area contributed by atoms with Gasteiger partial charge in [-0.3, -0.25) is 9.59 Å². The first-order chi connectivity index (χ1) is 12.1. The SMILES string of the molecule is O=C(CCNC(=O)C1CCCCC1)Nc1ccc2c(c1F)CCNC2. The summed E-state index contributed by atoms with van der Waals surface area (Å²) in [7, 11) is 0. The zero-order valence-corrected chi connectivity index (χ0v) is 14.5. The molecule has 0 unspecified atom stereocenters. The smallest absolute Gasteiger partial charge is 0.226 e. The number of anilines is 1. The second-order valence-electron chi connectivity index (χ2n) is 6.92. The van der Waals surface area contributed by atoms with E-state index >= 15 is 0 Å². The van der Waals surface area contributed by atoms with E-state index in [2.05, 4.69) is 16.0 Å². The second-order valence-corrected chi connectivity index (χ2v) is 6.92. The minimum Gasteiger partial charge on any atom is -0.355 e. The van der Waals surface area contributed by atoms with Crippen molar-refractivity contribution in [3.63, 3.8) is 0 Å². The van der Waals surface area contributed by atoms with Gasteiger partial charge in [-0.15, -0.1) is 0 Å². The van der Waals surface area contributed by atoms with E-state index in [-0.39, 0.29) is 42.2 Å². The molecule has 3 rings (SSSR count). The highest BCUT2D eigenvalue weighted by Gasteiger charge is 2.21. The Morgan fingerprint density at radius 3 is 2.80 bits per heavy atom. The average molecular weight is 347 g/mol. The van der Waals surface area contributed by atoms with Crippen LogP contribution >= 0.6 is 0 Å². The van der Waals surface area contributed by atoms with Crippen LogP contribution in [0.1, 0.15) is 49.7 Å². The first-order valence-corrected chi connectivity index (χ1v) is 9.23. The number of nitrogens with one attached hydrogen (secondary N) is 3. The van der Waals surface area contributed by atoms with Crippen LogP contribution in [0.3, 0.4) is 0 Å². The molecule has 1 aromatic carbocycles. The highest BCUT2D eigenvalue weighted by Crippen LogP contribution is 2.25. The van der Waals surface area contributed by atoms with Crippen molar-refractivity contribution in [3.05, 3.63) is 29.1 Å². The fraction of sp³-hybridized carbons (Fsp3) is 0.579. The van der Waals surface area contributed by atoms with Crippen LogP contribution < -0.4 is 16.0 Å². The number of hydrogen-bond acceptors (Lipinski definition) is 3. The van der Waals surface area contributed by atoms with E-state index in [1.54, 1.807) is 6.07 Å². The predicted molar refractivity (Wildman–Crippen MR) is 94.6 cm³/mol. The number of carbonyl (C=O) groups excluding carboxylic acids is 2. The van der Waals surface area contributed by atoms with Crippen molar-refractivity contribution < 1.29 is 14.0 Å². The lowest BCUT2D eigenvalue weighted by atomic mass is 9.89. The standard InChI is InChI=1S/C19H26FN3O2/c20-18-15-8-10-21-12-14(15)6-7-16(18)23-17(24)9-11-22-19(25)13-4-2-1-3-5-13/h6-7,13,21H,1-5,8-12H2,(H,22,25)(H,23,24). The topological polar surface area (TPSA) is 70.2 Å². The molecule has 1 aliphatic heterocycles. The van der Waals surface area contributed by atoms with E-state index in [0.717, 1.165) is 37.8 Å². The monoisotopic (exact) mass is 347 g/mol. The van der Waals surface area contributed by atoms with Crippen LogP contribution in [0.4, 0.5) is 10.1 Å². The predicted octanol–water partition coefficient (Wildman–Crippen LogP) is 2.50. The van der Waals surface area contributed by atoms with Crippen molar-refractivity contribution in [2.75, 3.05) is 18.4 Å². The van der Waals surface area contributed by atoms with Crippen molar-refractivity contribution >= 4 is 17.5 Å². The van der Waals surface area contributed by atoms with Crippen molar-refractivity contribution in [2.45, 2.75) is 51.5 Å². The zero-order chi connectivity index (χ0) is 17.6. The molecule has 25 heavy (non-hydrogen) atoms. The van der Waals surface area contributed by atoms with E-state index in [4.69, 9.17) is 0 Å². The molecule has 1 heterocycles. The minimum absolute atomic E-state index is 0.0416. The molecule has 0 spiro atoms. The molecule has 5 nitrogen and oxygen atoms in total. The molecule has 0 radical (unpaired) electrons. The van der Waals surface area contributed by atoms with Gasteiger partial charge in [0.15, 0.2) is 0 Å². The summed E-state index contributed by atoms with van der Waals surface area (Å²) in [5.41, 5.74) is 1.85. The fourth-order valence-electron chi connectivity index (χ4n) is 3.65. The van der Waals surface area contributed by atoms with Gasteiger partial charge in [-0.25, -0.2) is 4.39 Å². The Bertz CT molecular complexity index is 642. The lowest BCUT2D eigenvalue weighted by Gasteiger charge is -2.21. The number of amides is 2. The Labute approximate surface area is 147 Å². The van der Waals surface area contributed by atoms with Gasteiger partial charge in [-0.2, -0.15) is 0 Å². The number of halogens is 1. The lowest BCUT2D eigenvalue weighted by Crippen LogP contribution is -2.34. The number of rotatable bonds is 5. The van der Waals surface area contributed by atoms with Gasteiger partial charge in [0.2, 0.25) is 11.8 Å². The van der Waals surface area contributed by atoms with Gasteiger partial charge in [0.1, 0.15) is 5.82 Å². The molecule has 1 saturated carbocycles. The third-order valence-corrected chi connectivity index (χ3v) is 5.11. The van der Waals surface area contributed by atoms with E-state index in [0.29, 0.717) is 18.5 Å². The normalized spacial score (nSPS) is 17.6. The van der Waals surface area contributed by atoms with Gasteiger partial charge in [0, 0.05) is 25.4 Å². The third-order valence-electron chi connectivity index (χ3n) is 5.11. The summed E-state index contributed by atoms with van der Waals surface area (Å²) in [5, 5.41) is 8.66. The summed E-state index contributed by atoms with van der Waals surface area (Å²) in [6.07, 6.45) is 6.06. The summed E-state index contributed by atoms with van der Waals surface area (Å²) in [6, 6.07) is 3.46. The van der Waals surface area contributed by atoms with Gasteiger partial charge < -0.3 is 16.0 Å². The van der Waals surface area contributed by atoms with Crippen LogP contribution in [-0.2, 0) is 22.6 Å². The maximum Gasteiger partial charge on any atom is 0.226 e. The molecule has 136 valence electrons. The van der Waals surface area contributed by atoms with E-state index in [1.807, 2.05) is 6.07 Å². The minimum atomic E-state index is -0.335. The largest absolute Gasteiger partial charge is 0.355 e. The van der Waals surface area contributed by atoms with Crippen molar-refractivity contribution in [2.24, 2.45) is 5.92 Å². The van der Waals surface area contributed by atoms with E-state index in [9.17, 15) is 14.0 Å². The maximum atomic E-state index is 14.5. The van der Waals surface area contributed by atoms with Gasteiger partial charge in [0.25, 0.3) is 0 Å². The lowest BCUT2D eigenvalue weighted by molar-refractivity contribution is -0.126.